The first-order valence-corrected chi connectivity index (χ1v) is 6.14. The summed E-state index contributed by atoms with van der Waals surface area (Å²) in [5.41, 5.74) is 1.83. The Labute approximate surface area is 97.0 Å². The lowest BCUT2D eigenvalue weighted by molar-refractivity contribution is 0.100. The van der Waals surface area contributed by atoms with Gasteiger partial charge in [-0.2, -0.15) is 0 Å². The number of hydrogen-bond donors (Lipinski definition) is 1. The average Bonchev–Trinajstić information content (AvgIpc) is 2.86. The van der Waals surface area contributed by atoms with Gasteiger partial charge in [-0.1, -0.05) is 30.3 Å². The fourth-order valence-electron chi connectivity index (χ4n) is 3.57. The second-order valence-corrected chi connectivity index (χ2v) is 5.15. The average molecular weight is 217 g/mol. The van der Waals surface area contributed by atoms with E-state index in [0.717, 1.165) is 19.0 Å². The van der Waals surface area contributed by atoms with Crippen molar-refractivity contribution in [2.24, 2.45) is 5.92 Å². The molecule has 2 fully saturated rings. The quantitative estimate of drug-likeness (QED) is 0.817. The first kappa shape index (κ1) is 10.3. The molecule has 1 aromatic carbocycles. The summed E-state index contributed by atoms with van der Waals surface area (Å²) in [6, 6.07) is 11.0. The third-order valence-corrected chi connectivity index (χ3v) is 4.43. The zero-order valence-corrected chi connectivity index (χ0v) is 9.78. The molecule has 0 aromatic heterocycles. The maximum atomic E-state index is 5.57. The van der Waals surface area contributed by atoms with Crippen LogP contribution in [0, 0.1) is 5.92 Å². The van der Waals surface area contributed by atoms with E-state index in [1.165, 1.54) is 18.4 Å². The molecule has 0 unspecified atom stereocenters. The molecule has 2 aliphatic rings. The maximum absolute atomic E-state index is 5.57. The molecule has 1 heterocycles. The molecule has 1 N–H and O–H groups in total. The second kappa shape index (κ2) is 3.86. The summed E-state index contributed by atoms with van der Waals surface area (Å²) >= 11 is 0. The topological polar surface area (TPSA) is 21.3 Å². The van der Waals surface area contributed by atoms with Gasteiger partial charge in [-0.25, -0.2) is 0 Å². The predicted molar refractivity (Wildman–Crippen MR) is 64.5 cm³/mol. The van der Waals surface area contributed by atoms with Crippen molar-refractivity contribution in [2.75, 3.05) is 20.2 Å². The highest BCUT2D eigenvalue weighted by Crippen LogP contribution is 2.48. The van der Waals surface area contributed by atoms with E-state index < -0.39 is 0 Å². The summed E-state index contributed by atoms with van der Waals surface area (Å²) in [4.78, 5) is 0. The minimum Gasteiger partial charge on any atom is -0.381 e. The van der Waals surface area contributed by atoms with E-state index in [4.69, 9.17) is 4.74 Å². The van der Waals surface area contributed by atoms with Crippen LogP contribution < -0.4 is 5.32 Å². The normalized spacial score (nSPS) is 37.6. The van der Waals surface area contributed by atoms with E-state index in [1.807, 2.05) is 7.11 Å². The van der Waals surface area contributed by atoms with Gasteiger partial charge in [0.2, 0.25) is 0 Å². The number of hydrogen-bond acceptors (Lipinski definition) is 2. The number of nitrogens with one attached hydrogen (secondary N) is 1. The van der Waals surface area contributed by atoms with Gasteiger partial charge in [0.25, 0.3) is 0 Å². The molecule has 0 amide bonds. The van der Waals surface area contributed by atoms with Gasteiger partial charge in [-0.15, -0.1) is 0 Å². The van der Waals surface area contributed by atoms with Crippen LogP contribution in [0.2, 0.25) is 0 Å². The minimum atomic E-state index is 0.335. The van der Waals surface area contributed by atoms with E-state index in [2.05, 4.69) is 35.6 Å². The Balaban J connectivity index is 1.96. The molecule has 1 aliphatic heterocycles. The Kier molecular flexibility index (Phi) is 2.49. The highest BCUT2D eigenvalue weighted by Gasteiger charge is 2.51. The van der Waals surface area contributed by atoms with Crippen LogP contribution in [0.4, 0.5) is 0 Å². The van der Waals surface area contributed by atoms with Crippen LogP contribution >= 0.6 is 0 Å². The van der Waals surface area contributed by atoms with Crippen molar-refractivity contribution in [3.05, 3.63) is 35.9 Å². The summed E-state index contributed by atoms with van der Waals surface area (Å²) < 4.78 is 5.57. The van der Waals surface area contributed by atoms with E-state index in [9.17, 15) is 0 Å². The smallest absolute Gasteiger partial charge is 0.0583 e. The van der Waals surface area contributed by atoms with Gasteiger partial charge in [0, 0.05) is 19.1 Å². The molecule has 1 saturated heterocycles. The number of rotatable bonds is 2. The molecular weight excluding hydrogens is 198 g/mol. The molecule has 3 atom stereocenters. The number of benzene rings is 1. The third-order valence-electron chi connectivity index (χ3n) is 4.43. The molecule has 1 saturated carbocycles. The van der Waals surface area contributed by atoms with Crippen LogP contribution in [0.1, 0.15) is 18.4 Å². The fraction of sp³-hybridized carbons (Fsp3) is 0.571. The lowest BCUT2D eigenvalue weighted by Crippen LogP contribution is -2.31. The molecular formula is C14H19NO. The van der Waals surface area contributed by atoms with E-state index in [-0.39, 0.29) is 0 Å². The molecule has 86 valence electrons. The van der Waals surface area contributed by atoms with Crippen molar-refractivity contribution < 1.29 is 4.74 Å². The van der Waals surface area contributed by atoms with Gasteiger partial charge < -0.3 is 10.1 Å². The molecule has 1 aromatic rings. The number of ether oxygens (including phenoxy) is 1. The van der Waals surface area contributed by atoms with Crippen molar-refractivity contribution in [3.63, 3.8) is 0 Å². The van der Waals surface area contributed by atoms with Crippen molar-refractivity contribution in [3.8, 4) is 0 Å². The number of methoxy groups -OCH3 is 1. The van der Waals surface area contributed by atoms with Crippen molar-refractivity contribution in [2.45, 2.75) is 24.4 Å². The predicted octanol–water partition coefficient (Wildman–Crippen LogP) is 1.95. The summed E-state index contributed by atoms with van der Waals surface area (Å²) in [7, 11) is 1.85. The standard InChI is InChI=1S/C14H19NO/c1-16-13-7-12-9-15-10-14(12,8-13)11-5-3-2-4-6-11/h2-6,12-13,15H,7-10H2,1H3/t12-,13-,14+/m1/s1. The van der Waals surface area contributed by atoms with Gasteiger partial charge in [-0.05, 0) is 30.9 Å². The molecule has 2 nitrogen and oxygen atoms in total. The van der Waals surface area contributed by atoms with Crippen LogP contribution in [0.3, 0.4) is 0 Å². The molecule has 0 spiro atoms. The SMILES string of the molecule is CO[C@@H]1C[C@@H]2CNC[C@]2(c2ccccc2)C1. The Hall–Kier alpha value is -0.860. The monoisotopic (exact) mass is 217 g/mol. The Morgan fingerprint density at radius 3 is 2.88 bits per heavy atom. The Bertz CT molecular complexity index is 364. The van der Waals surface area contributed by atoms with Crippen molar-refractivity contribution in [1.29, 1.82) is 0 Å². The summed E-state index contributed by atoms with van der Waals surface area (Å²) in [5, 5.41) is 3.55. The molecule has 1 aliphatic carbocycles. The minimum absolute atomic E-state index is 0.335. The fourth-order valence-corrected chi connectivity index (χ4v) is 3.57. The zero-order chi connectivity index (χ0) is 11.0. The maximum Gasteiger partial charge on any atom is 0.0583 e. The first-order chi connectivity index (χ1) is 7.85. The summed E-state index contributed by atoms with van der Waals surface area (Å²) in [6.45, 7) is 2.26. The highest BCUT2D eigenvalue weighted by atomic mass is 16.5. The summed E-state index contributed by atoms with van der Waals surface area (Å²) in [6.07, 6.45) is 2.83. The molecule has 0 bridgehead atoms. The lowest BCUT2D eigenvalue weighted by atomic mass is 9.75. The first-order valence-electron chi connectivity index (χ1n) is 6.14. The van der Waals surface area contributed by atoms with Crippen LogP contribution in [-0.4, -0.2) is 26.3 Å². The van der Waals surface area contributed by atoms with Crippen LogP contribution in [0.15, 0.2) is 30.3 Å². The Morgan fingerprint density at radius 2 is 2.12 bits per heavy atom. The van der Waals surface area contributed by atoms with Gasteiger partial charge in [0.05, 0.1) is 6.10 Å². The molecule has 2 heteroatoms. The van der Waals surface area contributed by atoms with Crippen molar-refractivity contribution in [1.82, 2.24) is 5.32 Å². The van der Waals surface area contributed by atoms with E-state index >= 15 is 0 Å². The van der Waals surface area contributed by atoms with Crippen molar-refractivity contribution >= 4 is 0 Å². The number of fused-ring (bicyclic) bond motifs is 1. The lowest BCUT2D eigenvalue weighted by Gasteiger charge is -2.29. The van der Waals surface area contributed by atoms with Gasteiger partial charge >= 0.3 is 0 Å². The zero-order valence-electron chi connectivity index (χ0n) is 9.78. The van der Waals surface area contributed by atoms with Crippen LogP contribution in [0.25, 0.3) is 0 Å². The second-order valence-electron chi connectivity index (χ2n) is 5.15. The van der Waals surface area contributed by atoms with Gasteiger partial charge in [-0.3, -0.25) is 0 Å². The van der Waals surface area contributed by atoms with Gasteiger partial charge in [0.15, 0.2) is 0 Å². The van der Waals surface area contributed by atoms with E-state index in [0.29, 0.717) is 11.5 Å². The molecule has 0 radical (unpaired) electrons. The van der Waals surface area contributed by atoms with Crippen LogP contribution in [-0.2, 0) is 10.2 Å². The largest absolute Gasteiger partial charge is 0.381 e. The van der Waals surface area contributed by atoms with Crippen LogP contribution in [0.5, 0.6) is 0 Å². The summed E-state index contributed by atoms with van der Waals surface area (Å²) in [5.74, 6) is 0.750. The third kappa shape index (κ3) is 1.40. The van der Waals surface area contributed by atoms with E-state index in [1.54, 1.807) is 0 Å². The molecule has 3 rings (SSSR count). The Morgan fingerprint density at radius 1 is 1.31 bits per heavy atom. The molecule has 16 heavy (non-hydrogen) atoms. The highest BCUT2D eigenvalue weighted by molar-refractivity contribution is 5.31. The van der Waals surface area contributed by atoms with Gasteiger partial charge in [0.1, 0.15) is 0 Å².